The van der Waals surface area contributed by atoms with Gasteiger partial charge in [0.25, 0.3) is 0 Å². The fraction of sp³-hybridized carbons (Fsp3) is 0.733. The first kappa shape index (κ1) is 12.5. The van der Waals surface area contributed by atoms with Gasteiger partial charge in [0, 0.05) is 0 Å². The summed E-state index contributed by atoms with van der Waals surface area (Å²) < 4.78 is 0. The van der Waals surface area contributed by atoms with Crippen molar-refractivity contribution < 1.29 is 0 Å². The van der Waals surface area contributed by atoms with E-state index in [2.05, 4.69) is 25.2 Å². The number of hydrogen-bond acceptors (Lipinski definition) is 0. The molecule has 0 spiro atoms. The van der Waals surface area contributed by atoms with Gasteiger partial charge in [-0.15, -0.1) is 0 Å². The summed E-state index contributed by atoms with van der Waals surface area (Å²) in [7, 11) is 0. The lowest BCUT2D eigenvalue weighted by atomic mass is 9.99. The average molecular weight is 206 g/mol. The zero-order valence-corrected chi connectivity index (χ0v) is 10.3. The summed E-state index contributed by atoms with van der Waals surface area (Å²) in [5, 5.41) is 0. The van der Waals surface area contributed by atoms with E-state index < -0.39 is 0 Å². The predicted molar refractivity (Wildman–Crippen MR) is 69.1 cm³/mol. The molecule has 0 heterocycles. The second-order valence-electron chi connectivity index (χ2n) is 4.64. The molecule has 0 radical (unpaired) electrons. The van der Waals surface area contributed by atoms with E-state index in [4.69, 9.17) is 0 Å². The van der Waals surface area contributed by atoms with Gasteiger partial charge < -0.3 is 0 Å². The summed E-state index contributed by atoms with van der Waals surface area (Å²) in [6.07, 6.45) is 20.7. The van der Waals surface area contributed by atoms with E-state index in [0.29, 0.717) is 0 Å². The molecule has 0 N–H and O–H groups in total. The van der Waals surface area contributed by atoms with Gasteiger partial charge in [-0.25, -0.2) is 0 Å². The summed E-state index contributed by atoms with van der Waals surface area (Å²) in [5.41, 5.74) is 1.67. The summed E-state index contributed by atoms with van der Waals surface area (Å²) in [6, 6.07) is 0. The molecule has 0 bridgehead atoms. The molecule has 15 heavy (non-hydrogen) atoms. The molecular formula is C15H26. The van der Waals surface area contributed by atoms with Gasteiger partial charge >= 0.3 is 0 Å². The van der Waals surface area contributed by atoms with Crippen LogP contribution in [0.25, 0.3) is 0 Å². The molecule has 0 aromatic rings. The number of rotatable bonds is 8. The van der Waals surface area contributed by atoms with E-state index in [-0.39, 0.29) is 0 Å². The Bertz CT molecular complexity index is 198. The summed E-state index contributed by atoms with van der Waals surface area (Å²) >= 11 is 0. The summed E-state index contributed by atoms with van der Waals surface area (Å²) in [4.78, 5) is 0. The van der Waals surface area contributed by atoms with Gasteiger partial charge in [-0.05, 0) is 25.7 Å². The highest BCUT2D eigenvalue weighted by Crippen LogP contribution is 2.18. The quantitative estimate of drug-likeness (QED) is 0.368. The summed E-state index contributed by atoms with van der Waals surface area (Å²) in [5.74, 6) is 0. The van der Waals surface area contributed by atoms with Crippen LogP contribution in [0.15, 0.2) is 23.8 Å². The normalized spacial score (nSPS) is 15.4. The standard InChI is InChI=1S/C15H26/c1-2-3-4-5-6-7-9-12-15-13-10-8-11-14-15/h8,10,14H,2-7,9,11-13H2,1H3. The Morgan fingerprint density at radius 1 is 0.933 bits per heavy atom. The maximum absolute atomic E-state index is 2.41. The third-order valence-electron chi connectivity index (χ3n) is 3.19. The fourth-order valence-corrected chi connectivity index (χ4v) is 2.16. The van der Waals surface area contributed by atoms with Crippen LogP contribution in [0.4, 0.5) is 0 Å². The van der Waals surface area contributed by atoms with Gasteiger partial charge in [-0.3, -0.25) is 0 Å². The number of unbranched alkanes of at least 4 members (excludes halogenated alkanes) is 6. The molecule has 0 saturated heterocycles. The lowest BCUT2D eigenvalue weighted by Gasteiger charge is -2.07. The van der Waals surface area contributed by atoms with Crippen molar-refractivity contribution in [3.05, 3.63) is 23.8 Å². The van der Waals surface area contributed by atoms with Crippen LogP contribution < -0.4 is 0 Å². The predicted octanol–water partition coefficient (Wildman–Crippen LogP) is 5.40. The minimum absolute atomic E-state index is 1.17. The van der Waals surface area contributed by atoms with E-state index in [1.807, 2.05) is 0 Å². The molecule has 0 nitrogen and oxygen atoms in total. The van der Waals surface area contributed by atoms with Crippen molar-refractivity contribution in [1.29, 1.82) is 0 Å². The Kier molecular flexibility index (Phi) is 7.33. The first-order valence-electron chi connectivity index (χ1n) is 6.76. The van der Waals surface area contributed by atoms with E-state index in [9.17, 15) is 0 Å². The van der Waals surface area contributed by atoms with Crippen LogP contribution in [-0.4, -0.2) is 0 Å². The Morgan fingerprint density at radius 2 is 1.67 bits per heavy atom. The Balaban J connectivity index is 1.86. The SMILES string of the molecule is CCCCCCCCCC1=CCC=CC1. The Morgan fingerprint density at radius 3 is 2.33 bits per heavy atom. The maximum Gasteiger partial charge on any atom is -0.0139 e. The maximum atomic E-state index is 2.41. The van der Waals surface area contributed by atoms with Crippen LogP contribution in [0.3, 0.4) is 0 Å². The molecule has 0 heteroatoms. The number of allylic oxidation sites excluding steroid dienone is 4. The van der Waals surface area contributed by atoms with Gasteiger partial charge in [-0.2, -0.15) is 0 Å². The van der Waals surface area contributed by atoms with Crippen molar-refractivity contribution in [2.24, 2.45) is 0 Å². The van der Waals surface area contributed by atoms with Crippen LogP contribution in [0.1, 0.15) is 71.1 Å². The minimum Gasteiger partial charge on any atom is -0.0844 e. The number of hydrogen-bond donors (Lipinski definition) is 0. The molecule has 1 rings (SSSR count). The molecule has 0 aliphatic heterocycles. The van der Waals surface area contributed by atoms with Crippen molar-refractivity contribution in [2.75, 3.05) is 0 Å². The van der Waals surface area contributed by atoms with Crippen LogP contribution in [0.2, 0.25) is 0 Å². The van der Waals surface area contributed by atoms with Crippen LogP contribution in [-0.2, 0) is 0 Å². The zero-order chi connectivity index (χ0) is 10.8. The Hall–Kier alpha value is -0.520. The molecular weight excluding hydrogens is 180 g/mol. The third kappa shape index (κ3) is 6.54. The second kappa shape index (κ2) is 8.76. The second-order valence-corrected chi connectivity index (χ2v) is 4.64. The fourth-order valence-electron chi connectivity index (χ4n) is 2.16. The van der Waals surface area contributed by atoms with Crippen LogP contribution >= 0.6 is 0 Å². The van der Waals surface area contributed by atoms with Crippen molar-refractivity contribution >= 4 is 0 Å². The smallest absolute Gasteiger partial charge is 0.0139 e. The van der Waals surface area contributed by atoms with E-state index in [0.717, 1.165) is 0 Å². The van der Waals surface area contributed by atoms with Crippen molar-refractivity contribution in [3.63, 3.8) is 0 Å². The molecule has 0 fully saturated rings. The van der Waals surface area contributed by atoms with Crippen molar-refractivity contribution in [3.8, 4) is 0 Å². The van der Waals surface area contributed by atoms with Gasteiger partial charge in [0.1, 0.15) is 0 Å². The molecule has 0 aromatic carbocycles. The monoisotopic (exact) mass is 206 g/mol. The molecule has 86 valence electrons. The van der Waals surface area contributed by atoms with E-state index in [1.54, 1.807) is 5.57 Å². The topological polar surface area (TPSA) is 0 Å². The molecule has 1 aliphatic carbocycles. The lowest BCUT2D eigenvalue weighted by Crippen LogP contribution is -1.87. The van der Waals surface area contributed by atoms with Gasteiger partial charge in [0.15, 0.2) is 0 Å². The highest BCUT2D eigenvalue weighted by molar-refractivity contribution is 5.14. The Labute approximate surface area is 95.5 Å². The first-order valence-corrected chi connectivity index (χ1v) is 6.76. The molecule has 0 amide bonds. The van der Waals surface area contributed by atoms with E-state index >= 15 is 0 Å². The van der Waals surface area contributed by atoms with Gasteiger partial charge in [-0.1, -0.05) is 69.2 Å². The highest BCUT2D eigenvalue weighted by atomic mass is 14.0. The van der Waals surface area contributed by atoms with Crippen LogP contribution in [0.5, 0.6) is 0 Å². The highest BCUT2D eigenvalue weighted by Gasteiger charge is 1.98. The molecule has 0 atom stereocenters. The summed E-state index contributed by atoms with van der Waals surface area (Å²) in [6.45, 7) is 2.28. The first-order chi connectivity index (χ1) is 7.43. The van der Waals surface area contributed by atoms with Crippen molar-refractivity contribution in [1.82, 2.24) is 0 Å². The molecule has 1 aliphatic rings. The van der Waals surface area contributed by atoms with Gasteiger partial charge in [0.2, 0.25) is 0 Å². The van der Waals surface area contributed by atoms with Crippen LogP contribution in [0, 0.1) is 0 Å². The van der Waals surface area contributed by atoms with Crippen molar-refractivity contribution in [2.45, 2.75) is 71.1 Å². The largest absolute Gasteiger partial charge is 0.0844 e. The molecule has 0 saturated carbocycles. The van der Waals surface area contributed by atoms with Gasteiger partial charge in [0.05, 0.1) is 0 Å². The average Bonchev–Trinajstić information content (AvgIpc) is 2.29. The lowest BCUT2D eigenvalue weighted by molar-refractivity contribution is 0.587. The van der Waals surface area contributed by atoms with E-state index in [1.165, 1.54) is 64.2 Å². The third-order valence-corrected chi connectivity index (χ3v) is 3.19. The molecule has 0 unspecified atom stereocenters. The minimum atomic E-state index is 1.17. The zero-order valence-electron chi connectivity index (χ0n) is 10.3. The molecule has 0 aromatic heterocycles.